The number of sulfonamides is 1. The molecule has 0 aliphatic carbocycles. The second kappa shape index (κ2) is 8.82. The van der Waals surface area contributed by atoms with Crippen LogP contribution in [0, 0.1) is 0 Å². The molecular weight excluding hydrogens is 350 g/mol. The number of carbonyl (C=O) groups is 1. The first-order valence-corrected chi connectivity index (χ1v) is 9.87. The van der Waals surface area contributed by atoms with Gasteiger partial charge in [-0.15, -0.1) is 0 Å². The summed E-state index contributed by atoms with van der Waals surface area (Å²) < 4.78 is 25.2. The van der Waals surface area contributed by atoms with Gasteiger partial charge >= 0.3 is 6.03 Å². The van der Waals surface area contributed by atoms with Crippen LogP contribution in [-0.4, -0.2) is 38.9 Å². The van der Waals surface area contributed by atoms with Crippen molar-refractivity contribution in [3.8, 4) is 0 Å². The van der Waals surface area contributed by atoms with E-state index in [0.29, 0.717) is 5.69 Å². The Balaban J connectivity index is 1.85. The maximum atomic E-state index is 12.1. The van der Waals surface area contributed by atoms with Crippen molar-refractivity contribution in [1.82, 2.24) is 9.62 Å². The number of nitrogens with one attached hydrogen (secondary N) is 2. The van der Waals surface area contributed by atoms with Crippen molar-refractivity contribution >= 4 is 21.7 Å². The first-order valence-electron chi connectivity index (χ1n) is 8.43. The highest BCUT2D eigenvalue weighted by molar-refractivity contribution is 7.89. The predicted octanol–water partition coefficient (Wildman–Crippen LogP) is 3.08. The molecule has 2 aromatic rings. The van der Waals surface area contributed by atoms with E-state index in [1.807, 2.05) is 25.1 Å². The van der Waals surface area contributed by atoms with Gasteiger partial charge in [0, 0.05) is 25.8 Å². The summed E-state index contributed by atoms with van der Waals surface area (Å²) in [5.41, 5.74) is 1.77. The molecule has 2 amide bonds. The minimum Gasteiger partial charge on any atom is -0.335 e. The van der Waals surface area contributed by atoms with Crippen LogP contribution < -0.4 is 10.6 Å². The normalized spacial score (nSPS) is 12.6. The minimum atomic E-state index is -3.47. The summed E-state index contributed by atoms with van der Waals surface area (Å²) >= 11 is 0. The van der Waals surface area contributed by atoms with E-state index in [-0.39, 0.29) is 17.0 Å². The molecule has 0 fully saturated rings. The van der Waals surface area contributed by atoms with Crippen molar-refractivity contribution in [2.24, 2.45) is 0 Å². The number of benzene rings is 2. The molecule has 6 nitrogen and oxygen atoms in total. The quantitative estimate of drug-likeness (QED) is 0.781. The summed E-state index contributed by atoms with van der Waals surface area (Å²) in [6, 6.07) is 15.9. The number of urea groups is 1. The van der Waals surface area contributed by atoms with Crippen molar-refractivity contribution in [2.45, 2.75) is 30.7 Å². The van der Waals surface area contributed by atoms with Gasteiger partial charge in [0.2, 0.25) is 10.0 Å². The third kappa shape index (κ3) is 5.57. The number of carbonyl (C=O) groups excluding carboxylic acids is 1. The lowest BCUT2D eigenvalue weighted by Gasteiger charge is -2.15. The molecule has 0 aliphatic heterocycles. The Kier molecular flexibility index (Phi) is 6.76. The summed E-state index contributed by atoms with van der Waals surface area (Å²) in [6.45, 7) is 1.95. The Hall–Kier alpha value is -2.38. The van der Waals surface area contributed by atoms with E-state index in [1.54, 1.807) is 12.1 Å². The third-order valence-electron chi connectivity index (χ3n) is 3.98. The van der Waals surface area contributed by atoms with Crippen molar-refractivity contribution in [2.75, 3.05) is 19.4 Å². The molecule has 0 radical (unpaired) electrons. The summed E-state index contributed by atoms with van der Waals surface area (Å²) in [4.78, 5) is 12.3. The molecule has 0 aliphatic rings. The second-order valence-corrected chi connectivity index (χ2v) is 8.49. The standard InChI is InChI=1S/C19H25N3O3S/c1-15(9-10-16-7-5-4-6-8-16)20-19(23)21-17-11-13-18(14-12-17)26(24,25)22(2)3/h4-8,11-15H,9-10H2,1-3H3,(H2,20,21,23). The van der Waals surface area contributed by atoms with E-state index < -0.39 is 10.0 Å². The van der Waals surface area contributed by atoms with Gasteiger partial charge in [0.05, 0.1) is 4.90 Å². The topological polar surface area (TPSA) is 78.5 Å². The number of anilines is 1. The van der Waals surface area contributed by atoms with Gasteiger partial charge in [-0.2, -0.15) is 0 Å². The van der Waals surface area contributed by atoms with E-state index in [4.69, 9.17) is 0 Å². The fourth-order valence-corrected chi connectivity index (χ4v) is 3.31. The highest BCUT2D eigenvalue weighted by Crippen LogP contribution is 2.16. The van der Waals surface area contributed by atoms with Crippen LogP contribution in [0.5, 0.6) is 0 Å². The van der Waals surface area contributed by atoms with Crippen LogP contribution in [0.2, 0.25) is 0 Å². The van der Waals surface area contributed by atoms with Gasteiger partial charge in [0.15, 0.2) is 0 Å². The number of rotatable bonds is 7. The van der Waals surface area contributed by atoms with Crippen molar-refractivity contribution in [1.29, 1.82) is 0 Å². The van der Waals surface area contributed by atoms with Gasteiger partial charge < -0.3 is 10.6 Å². The highest BCUT2D eigenvalue weighted by atomic mass is 32.2. The Labute approximate surface area is 155 Å². The first kappa shape index (κ1) is 19.9. The van der Waals surface area contributed by atoms with Gasteiger partial charge in [-0.3, -0.25) is 0 Å². The van der Waals surface area contributed by atoms with E-state index in [2.05, 4.69) is 22.8 Å². The van der Waals surface area contributed by atoms with Crippen molar-refractivity contribution in [3.05, 3.63) is 60.2 Å². The molecule has 0 saturated heterocycles. The van der Waals surface area contributed by atoms with E-state index in [9.17, 15) is 13.2 Å². The maximum Gasteiger partial charge on any atom is 0.319 e. The van der Waals surface area contributed by atoms with Crippen molar-refractivity contribution < 1.29 is 13.2 Å². The second-order valence-electron chi connectivity index (χ2n) is 6.34. The van der Waals surface area contributed by atoms with Gasteiger partial charge in [0.25, 0.3) is 0 Å². The molecule has 7 heteroatoms. The lowest BCUT2D eigenvalue weighted by atomic mass is 10.1. The SMILES string of the molecule is CC(CCc1ccccc1)NC(=O)Nc1ccc(S(=O)(=O)N(C)C)cc1. The van der Waals surface area contributed by atoms with E-state index in [0.717, 1.165) is 17.1 Å². The third-order valence-corrected chi connectivity index (χ3v) is 5.81. The molecule has 1 atom stereocenters. The molecule has 0 aromatic heterocycles. The lowest BCUT2D eigenvalue weighted by molar-refractivity contribution is 0.248. The summed E-state index contributed by atoms with van der Waals surface area (Å²) in [5, 5.41) is 5.61. The Morgan fingerprint density at radius 2 is 1.65 bits per heavy atom. The van der Waals surface area contributed by atoms with Gasteiger partial charge in [0.1, 0.15) is 0 Å². The zero-order valence-electron chi connectivity index (χ0n) is 15.3. The molecular formula is C19H25N3O3S. The van der Waals surface area contributed by atoms with Crippen LogP contribution in [0.25, 0.3) is 0 Å². The monoisotopic (exact) mass is 375 g/mol. The fourth-order valence-electron chi connectivity index (χ4n) is 2.41. The molecule has 2 rings (SSSR count). The largest absolute Gasteiger partial charge is 0.335 e. The molecule has 0 spiro atoms. The van der Waals surface area contributed by atoms with Crippen LogP contribution >= 0.6 is 0 Å². The van der Waals surface area contributed by atoms with E-state index >= 15 is 0 Å². The first-order chi connectivity index (χ1) is 12.3. The lowest BCUT2D eigenvalue weighted by Crippen LogP contribution is -2.36. The predicted molar refractivity (Wildman–Crippen MR) is 104 cm³/mol. The number of hydrogen-bond donors (Lipinski definition) is 2. The number of nitrogens with zero attached hydrogens (tertiary/aromatic N) is 1. The van der Waals surface area contributed by atoms with Crippen molar-refractivity contribution in [3.63, 3.8) is 0 Å². The molecule has 2 aromatic carbocycles. The average molecular weight is 375 g/mol. The zero-order chi connectivity index (χ0) is 19.2. The summed E-state index contributed by atoms with van der Waals surface area (Å²) in [5.74, 6) is 0. The van der Waals surface area contributed by atoms with Crippen LogP contribution in [0.3, 0.4) is 0 Å². The molecule has 140 valence electrons. The van der Waals surface area contributed by atoms with Crippen LogP contribution in [0.1, 0.15) is 18.9 Å². The van der Waals surface area contributed by atoms with Gasteiger partial charge in [-0.1, -0.05) is 30.3 Å². The molecule has 0 saturated carbocycles. The Morgan fingerprint density at radius 3 is 2.23 bits per heavy atom. The zero-order valence-corrected chi connectivity index (χ0v) is 16.1. The van der Waals surface area contributed by atoms with Crippen LogP contribution in [0.15, 0.2) is 59.5 Å². The highest BCUT2D eigenvalue weighted by Gasteiger charge is 2.16. The smallest absolute Gasteiger partial charge is 0.319 e. The number of hydrogen-bond acceptors (Lipinski definition) is 3. The molecule has 26 heavy (non-hydrogen) atoms. The number of aryl methyl sites for hydroxylation is 1. The minimum absolute atomic E-state index is 0.0172. The molecule has 0 bridgehead atoms. The summed E-state index contributed by atoms with van der Waals surface area (Å²) in [7, 11) is -0.514. The molecule has 2 N–H and O–H groups in total. The van der Waals surface area contributed by atoms with Crippen LogP contribution in [0.4, 0.5) is 10.5 Å². The Morgan fingerprint density at radius 1 is 1.04 bits per heavy atom. The maximum absolute atomic E-state index is 12.1. The summed E-state index contributed by atoms with van der Waals surface area (Å²) in [6.07, 6.45) is 1.72. The number of amides is 2. The van der Waals surface area contributed by atoms with E-state index in [1.165, 1.54) is 31.8 Å². The Bertz CT molecular complexity index is 819. The van der Waals surface area contributed by atoms with Gasteiger partial charge in [-0.05, 0) is 49.6 Å². The molecule has 1 unspecified atom stereocenters. The average Bonchev–Trinajstić information content (AvgIpc) is 2.61. The van der Waals surface area contributed by atoms with Crippen LogP contribution in [-0.2, 0) is 16.4 Å². The fraction of sp³-hybridized carbons (Fsp3) is 0.316. The van der Waals surface area contributed by atoms with Gasteiger partial charge in [-0.25, -0.2) is 17.5 Å². The molecule has 0 heterocycles.